The van der Waals surface area contributed by atoms with Crippen LogP contribution in [0.2, 0.25) is 5.02 Å². The Bertz CT molecular complexity index is 497. The Labute approximate surface area is 117 Å². The number of halogens is 2. The third-order valence-corrected chi connectivity index (χ3v) is 3.06. The number of alkyl halides is 1. The minimum atomic E-state index is 0.605. The van der Waals surface area contributed by atoms with Crippen molar-refractivity contribution >= 4 is 23.2 Å². The van der Waals surface area contributed by atoms with Crippen LogP contribution in [0.4, 0.5) is 0 Å². The van der Waals surface area contributed by atoms with Crippen LogP contribution in [0.3, 0.4) is 0 Å². The summed E-state index contributed by atoms with van der Waals surface area (Å²) in [6, 6.07) is 15.7. The largest absolute Gasteiger partial charge is 0.493 e. The number of hydrogen-bond acceptors (Lipinski definition) is 1. The van der Waals surface area contributed by atoms with E-state index in [4.69, 9.17) is 27.9 Å². The van der Waals surface area contributed by atoms with Crippen molar-refractivity contribution in [2.24, 2.45) is 0 Å². The molecule has 0 unspecified atom stereocenters. The van der Waals surface area contributed by atoms with E-state index in [1.165, 1.54) is 0 Å². The van der Waals surface area contributed by atoms with Crippen LogP contribution < -0.4 is 4.74 Å². The highest BCUT2D eigenvalue weighted by atomic mass is 35.5. The molecule has 0 fully saturated rings. The third-order valence-electron chi connectivity index (χ3n) is 2.56. The van der Waals surface area contributed by atoms with E-state index in [0.717, 1.165) is 23.3 Å². The molecule has 0 aliphatic rings. The van der Waals surface area contributed by atoms with Gasteiger partial charge in [0.1, 0.15) is 5.75 Å². The van der Waals surface area contributed by atoms with Crippen LogP contribution in [0, 0.1) is 0 Å². The first-order chi connectivity index (χ1) is 8.81. The average Bonchev–Trinajstić information content (AvgIpc) is 2.41. The maximum atomic E-state index is 6.05. The molecule has 0 heterocycles. The second kappa shape index (κ2) is 6.67. The van der Waals surface area contributed by atoms with Crippen LogP contribution in [0.1, 0.15) is 6.42 Å². The van der Waals surface area contributed by atoms with Crippen LogP contribution in [0.5, 0.6) is 5.75 Å². The highest BCUT2D eigenvalue weighted by Gasteiger charge is 2.06. The van der Waals surface area contributed by atoms with E-state index < -0.39 is 0 Å². The third kappa shape index (κ3) is 3.41. The normalized spacial score (nSPS) is 10.3. The molecule has 18 heavy (non-hydrogen) atoms. The first-order valence-electron chi connectivity index (χ1n) is 5.85. The van der Waals surface area contributed by atoms with E-state index >= 15 is 0 Å². The summed E-state index contributed by atoms with van der Waals surface area (Å²) in [6.07, 6.45) is 0.832. The van der Waals surface area contributed by atoms with E-state index in [-0.39, 0.29) is 0 Å². The fraction of sp³-hybridized carbons (Fsp3) is 0.200. The van der Waals surface area contributed by atoms with Gasteiger partial charge in [0, 0.05) is 16.5 Å². The molecule has 0 bridgehead atoms. The molecule has 0 amide bonds. The monoisotopic (exact) mass is 280 g/mol. The molecule has 0 aliphatic carbocycles. The van der Waals surface area contributed by atoms with Gasteiger partial charge in [-0.2, -0.15) is 0 Å². The lowest BCUT2D eigenvalue weighted by molar-refractivity contribution is 0.319. The first kappa shape index (κ1) is 13.3. The smallest absolute Gasteiger partial charge is 0.127 e. The molecule has 0 saturated carbocycles. The van der Waals surface area contributed by atoms with Crippen molar-refractivity contribution in [1.29, 1.82) is 0 Å². The topological polar surface area (TPSA) is 9.23 Å². The van der Waals surface area contributed by atoms with Crippen LogP contribution in [-0.2, 0) is 0 Å². The lowest BCUT2D eigenvalue weighted by Crippen LogP contribution is -1.99. The fourth-order valence-electron chi connectivity index (χ4n) is 1.71. The van der Waals surface area contributed by atoms with E-state index in [1.807, 2.05) is 48.5 Å². The molecule has 2 aromatic carbocycles. The summed E-state index contributed by atoms with van der Waals surface area (Å²) in [6.45, 7) is 0.616. The first-order valence-corrected chi connectivity index (χ1v) is 6.76. The Morgan fingerprint density at radius 1 is 1.00 bits per heavy atom. The highest BCUT2D eigenvalue weighted by Crippen LogP contribution is 2.32. The van der Waals surface area contributed by atoms with Gasteiger partial charge in [-0.05, 0) is 30.2 Å². The van der Waals surface area contributed by atoms with E-state index in [0.29, 0.717) is 17.5 Å². The zero-order chi connectivity index (χ0) is 12.8. The van der Waals surface area contributed by atoms with Gasteiger partial charge in [-0.3, -0.25) is 0 Å². The SMILES string of the molecule is ClCCCOc1ccc(Cl)cc1-c1ccccc1. The van der Waals surface area contributed by atoms with Crippen molar-refractivity contribution in [3.8, 4) is 16.9 Å². The Balaban J connectivity index is 2.29. The van der Waals surface area contributed by atoms with Gasteiger partial charge in [-0.25, -0.2) is 0 Å². The number of hydrogen-bond donors (Lipinski definition) is 0. The maximum absolute atomic E-state index is 6.05. The van der Waals surface area contributed by atoms with Gasteiger partial charge in [-0.15, -0.1) is 11.6 Å². The van der Waals surface area contributed by atoms with E-state index in [9.17, 15) is 0 Å². The molecule has 0 saturated heterocycles. The zero-order valence-corrected chi connectivity index (χ0v) is 11.4. The van der Waals surface area contributed by atoms with Gasteiger partial charge in [-0.1, -0.05) is 41.9 Å². The second-order valence-electron chi connectivity index (χ2n) is 3.90. The molecule has 0 spiro atoms. The molecule has 3 heteroatoms. The summed E-state index contributed by atoms with van der Waals surface area (Å²) < 4.78 is 5.74. The van der Waals surface area contributed by atoms with Crippen molar-refractivity contribution in [3.63, 3.8) is 0 Å². The van der Waals surface area contributed by atoms with Crippen molar-refractivity contribution in [1.82, 2.24) is 0 Å². The van der Waals surface area contributed by atoms with E-state index in [2.05, 4.69) is 0 Å². The van der Waals surface area contributed by atoms with Crippen molar-refractivity contribution < 1.29 is 4.74 Å². The summed E-state index contributed by atoms with van der Waals surface area (Å²) >= 11 is 11.7. The standard InChI is InChI=1S/C15H14Cl2O/c16-9-4-10-18-15-8-7-13(17)11-14(15)12-5-2-1-3-6-12/h1-3,5-8,11H,4,9-10H2. The summed E-state index contributed by atoms with van der Waals surface area (Å²) in [5, 5.41) is 0.707. The van der Waals surface area contributed by atoms with Crippen molar-refractivity contribution in [2.75, 3.05) is 12.5 Å². The number of benzene rings is 2. The van der Waals surface area contributed by atoms with Gasteiger partial charge >= 0.3 is 0 Å². The number of rotatable bonds is 5. The lowest BCUT2D eigenvalue weighted by Gasteiger charge is -2.11. The molecule has 0 atom stereocenters. The minimum absolute atomic E-state index is 0.605. The Morgan fingerprint density at radius 2 is 1.78 bits per heavy atom. The Morgan fingerprint density at radius 3 is 2.50 bits per heavy atom. The maximum Gasteiger partial charge on any atom is 0.127 e. The Kier molecular flexibility index (Phi) is 4.91. The number of ether oxygens (including phenoxy) is 1. The summed E-state index contributed by atoms with van der Waals surface area (Å²) in [7, 11) is 0. The van der Waals surface area contributed by atoms with E-state index in [1.54, 1.807) is 0 Å². The summed E-state index contributed by atoms with van der Waals surface area (Å²) in [5.41, 5.74) is 2.11. The van der Waals surface area contributed by atoms with Gasteiger partial charge in [0.25, 0.3) is 0 Å². The molecule has 0 N–H and O–H groups in total. The predicted octanol–water partition coefficient (Wildman–Crippen LogP) is 5.01. The quantitative estimate of drug-likeness (QED) is 0.552. The van der Waals surface area contributed by atoms with Gasteiger partial charge in [0.05, 0.1) is 6.61 Å². The Hall–Kier alpha value is -1.18. The molecular formula is C15H14Cl2O. The molecule has 94 valence electrons. The second-order valence-corrected chi connectivity index (χ2v) is 4.71. The fourth-order valence-corrected chi connectivity index (χ4v) is 1.99. The van der Waals surface area contributed by atoms with Crippen LogP contribution in [0.25, 0.3) is 11.1 Å². The van der Waals surface area contributed by atoms with Crippen molar-refractivity contribution in [2.45, 2.75) is 6.42 Å². The molecule has 2 rings (SSSR count). The molecule has 2 aromatic rings. The minimum Gasteiger partial charge on any atom is -0.493 e. The van der Waals surface area contributed by atoms with Crippen LogP contribution >= 0.6 is 23.2 Å². The zero-order valence-electron chi connectivity index (χ0n) is 9.90. The lowest BCUT2D eigenvalue weighted by atomic mass is 10.0. The molecule has 0 radical (unpaired) electrons. The van der Waals surface area contributed by atoms with Crippen LogP contribution in [0.15, 0.2) is 48.5 Å². The predicted molar refractivity (Wildman–Crippen MR) is 77.7 cm³/mol. The van der Waals surface area contributed by atoms with Crippen molar-refractivity contribution in [3.05, 3.63) is 53.6 Å². The summed E-state index contributed by atoms with van der Waals surface area (Å²) in [4.78, 5) is 0. The van der Waals surface area contributed by atoms with Gasteiger partial charge in [0.15, 0.2) is 0 Å². The summed E-state index contributed by atoms with van der Waals surface area (Å²) in [5.74, 6) is 1.45. The molecule has 0 aliphatic heterocycles. The highest BCUT2D eigenvalue weighted by molar-refractivity contribution is 6.31. The molecule has 1 nitrogen and oxygen atoms in total. The molecule has 0 aromatic heterocycles. The van der Waals surface area contributed by atoms with Gasteiger partial charge < -0.3 is 4.74 Å². The average molecular weight is 281 g/mol. The molecular weight excluding hydrogens is 267 g/mol. The van der Waals surface area contributed by atoms with Gasteiger partial charge in [0.2, 0.25) is 0 Å². The van der Waals surface area contributed by atoms with Crippen LogP contribution in [-0.4, -0.2) is 12.5 Å².